The first kappa shape index (κ1) is 15.7. The van der Waals surface area contributed by atoms with Crippen LogP contribution in [0.15, 0.2) is 29.4 Å². The third kappa shape index (κ3) is 3.48. The Hall–Kier alpha value is -1.73. The molecule has 1 aromatic carbocycles. The second-order valence-corrected chi connectivity index (χ2v) is 6.67. The molecule has 5 nitrogen and oxygen atoms in total. The van der Waals surface area contributed by atoms with Crippen LogP contribution in [0.25, 0.3) is 0 Å². The lowest BCUT2D eigenvalue weighted by atomic mass is 10.1. The van der Waals surface area contributed by atoms with Crippen molar-refractivity contribution in [3.05, 3.63) is 47.3 Å². The fourth-order valence-electron chi connectivity index (χ4n) is 2.33. The zero-order valence-electron chi connectivity index (χ0n) is 12.2. The van der Waals surface area contributed by atoms with Gasteiger partial charge in [-0.1, -0.05) is 0 Å². The Labute approximate surface area is 123 Å². The molecule has 1 aromatic heterocycles. The summed E-state index contributed by atoms with van der Waals surface area (Å²) in [5, 5.41) is 0. The monoisotopic (exact) mass is 311 g/mol. The second kappa shape index (κ2) is 5.95. The number of nitrogens with one attached hydrogen (secondary N) is 1. The maximum Gasteiger partial charge on any atom is 0.241 e. The lowest BCUT2D eigenvalue weighted by Gasteiger charge is -2.12. The lowest BCUT2D eigenvalue weighted by molar-refractivity contribution is 0.577. The first-order valence-electron chi connectivity index (χ1n) is 6.54. The van der Waals surface area contributed by atoms with Crippen LogP contribution in [-0.2, 0) is 23.5 Å². The Morgan fingerprint density at radius 3 is 2.43 bits per heavy atom. The normalized spacial score (nSPS) is 11.8. The number of aryl methyl sites for hydroxylation is 3. The predicted octanol–water partition coefficient (Wildman–Crippen LogP) is 1.70. The summed E-state index contributed by atoms with van der Waals surface area (Å²) in [7, 11) is -1.81. The Bertz CT molecular complexity index is 730. The van der Waals surface area contributed by atoms with Crippen LogP contribution in [-0.4, -0.2) is 24.5 Å². The first-order valence-corrected chi connectivity index (χ1v) is 8.02. The van der Waals surface area contributed by atoms with Gasteiger partial charge in [-0.2, -0.15) is 0 Å². The molecule has 1 N–H and O–H groups in total. The zero-order chi connectivity index (χ0) is 15.6. The van der Waals surface area contributed by atoms with E-state index in [0.29, 0.717) is 17.5 Å². The molecule has 114 valence electrons. The van der Waals surface area contributed by atoms with Crippen LogP contribution < -0.4 is 4.72 Å². The maximum atomic E-state index is 13.3. The van der Waals surface area contributed by atoms with Crippen molar-refractivity contribution >= 4 is 10.0 Å². The van der Waals surface area contributed by atoms with Crippen molar-refractivity contribution < 1.29 is 12.8 Å². The molecule has 21 heavy (non-hydrogen) atoms. The highest BCUT2D eigenvalue weighted by molar-refractivity contribution is 7.89. The summed E-state index contributed by atoms with van der Waals surface area (Å²) >= 11 is 0. The first-order chi connectivity index (χ1) is 9.81. The minimum Gasteiger partial charge on any atom is -0.338 e. The van der Waals surface area contributed by atoms with Crippen LogP contribution in [0.4, 0.5) is 4.39 Å². The van der Waals surface area contributed by atoms with Crippen LogP contribution in [0.2, 0.25) is 0 Å². The van der Waals surface area contributed by atoms with E-state index < -0.39 is 15.8 Å². The number of aromatic nitrogens is 2. The lowest BCUT2D eigenvalue weighted by Crippen LogP contribution is -2.28. The summed E-state index contributed by atoms with van der Waals surface area (Å²) in [6.07, 6.45) is 3.96. The summed E-state index contributed by atoms with van der Waals surface area (Å²) in [4.78, 5) is 4.28. The summed E-state index contributed by atoms with van der Waals surface area (Å²) in [6.45, 7) is 3.41. The van der Waals surface area contributed by atoms with Crippen LogP contribution >= 0.6 is 0 Å². The van der Waals surface area contributed by atoms with Gasteiger partial charge >= 0.3 is 0 Å². The number of rotatable bonds is 5. The smallest absolute Gasteiger partial charge is 0.241 e. The van der Waals surface area contributed by atoms with E-state index in [9.17, 15) is 12.8 Å². The van der Waals surface area contributed by atoms with Crippen molar-refractivity contribution in [2.45, 2.75) is 25.2 Å². The van der Waals surface area contributed by atoms with Gasteiger partial charge in [0, 0.05) is 32.4 Å². The average Bonchev–Trinajstić information content (AvgIpc) is 2.73. The van der Waals surface area contributed by atoms with E-state index in [1.54, 1.807) is 26.2 Å². The molecular formula is C14H18FN3O2S. The van der Waals surface area contributed by atoms with E-state index in [4.69, 9.17) is 0 Å². The minimum atomic E-state index is -3.66. The standard InChI is InChI=1S/C14H18FN3O2S/c1-10-8-12(15)9-11(2)14(10)21(19,20)17-5-4-13-16-6-7-18(13)3/h6-9,17H,4-5H2,1-3H3. The molecule has 0 atom stereocenters. The highest BCUT2D eigenvalue weighted by atomic mass is 32.2. The number of halogens is 1. The van der Waals surface area contributed by atoms with E-state index in [1.165, 1.54) is 12.1 Å². The van der Waals surface area contributed by atoms with Gasteiger partial charge in [0.1, 0.15) is 11.6 Å². The van der Waals surface area contributed by atoms with E-state index in [0.717, 1.165) is 5.82 Å². The number of imidazole rings is 1. The Kier molecular flexibility index (Phi) is 4.43. The van der Waals surface area contributed by atoms with E-state index in [-0.39, 0.29) is 11.4 Å². The highest BCUT2D eigenvalue weighted by Gasteiger charge is 2.20. The number of sulfonamides is 1. The maximum absolute atomic E-state index is 13.3. The fraction of sp³-hybridized carbons (Fsp3) is 0.357. The van der Waals surface area contributed by atoms with Crippen LogP contribution in [0.5, 0.6) is 0 Å². The summed E-state index contributed by atoms with van der Waals surface area (Å²) in [5.74, 6) is 0.363. The molecule has 1 heterocycles. The second-order valence-electron chi connectivity index (χ2n) is 4.97. The van der Waals surface area contributed by atoms with Gasteiger partial charge in [-0.15, -0.1) is 0 Å². The van der Waals surface area contributed by atoms with Crippen molar-refractivity contribution in [3.63, 3.8) is 0 Å². The quantitative estimate of drug-likeness (QED) is 0.914. The van der Waals surface area contributed by atoms with E-state index >= 15 is 0 Å². The van der Waals surface area contributed by atoms with Crippen molar-refractivity contribution in [2.75, 3.05) is 6.54 Å². The van der Waals surface area contributed by atoms with Gasteiger partial charge in [-0.25, -0.2) is 22.5 Å². The molecule has 0 amide bonds. The summed E-state index contributed by atoms with van der Waals surface area (Å²) in [6, 6.07) is 2.45. The van der Waals surface area contributed by atoms with Gasteiger partial charge in [0.25, 0.3) is 0 Å². The minimum absolute atomic E-state index is 0.142. The molecule has 0 unspecified atom stereocenters. The molecule has 0 saturated carbocycles. The SMILES string of the molecule is Cc1cc(F)cc(C)c1S(=O)(=O)NCCc1nccn1C. The van der Waals surface area contributed by atoms with Gasteiger partial charge in [-0.3, -0.25) is 0 Å². The van der Waals surface area contributed by atoms with Gasteiger partial charge in [0.05, 0.1) is 4.90 Å². The molecule has 0 fully saturated rings. The average molecular weight is 311 g/mol. The number of hydrogen-bond acceptors (Lipinski definition) is 3. The Morgan fingerprint density at radius 2 is 1.90 bits per heavy atom. The third-order valence-electron chi connectivity index (χ3n) is 3.26. The predicted molar refractivity (Wildman–Crippen MR) is 78.0 cm³/mol. The van der Waals surface area contributed by atoms with Crippen molar-refractivity contribution in [1.82, 2.24) is 14.3 Å². The molecule has 0 saturated heterocycles. The van der Waals surface area contributed by atoms with Crippen LogP contribution in [0, 0.1) is 19.7 Å². The van der Waals surface area contributed by atoms with Gasteiger partial charge in [0.15, 0.2) is 0 Å². The molecule has 2 rings (SSSR count). The van der Waals surface area contributed by atoms with Crippen LogP contribution in [0.3, 0.4) is 0 Å². The van der Waals surface area contributed by atoms with Gasteiger partial charge < -0.3 is 4.57 Å². The topological polar surface area (TPSA) is 64.0 Å². The molecule has 0 radical (unpaired) electrons. The molecule has 0 spiro atoms. The Balaban J connectivity index is 2.14. The van der Waals surface area contributed by atoms with Gasteiger partial charge in [0.2, 0.25) is 10.0 Å². The largest absolute Gasteiger partial charge is 0.338 e. The van der Waals surface area contributed by atoms with Crippen molar-refractivity contribution in [2.24, 2.45) is 7.05 Å². The van der Waals surface area contributed by atoms with Crippen LogP contribution in [0.1, 0.15) is 17.0 Å². The molecule has 0 bridgehead atoms. The number of nitrogens with zero attached hydrogens (tertiary/aromatic N) is 2. The summed E-state index contributed by atoms with van der Waals surface area (Å²) < 4.78 is 42.3. The molecular weight excluding hydrogens is 293 g/mol. The molecule has 0 aliphatic heterocycles. The molecule has 7 heteroatoms. The molecule has 0 aliphatic rings. The van der Waals surface area contributed by atoms with Gasteiger partial charge in [-0.05, 0) is 37.1 Å². The van der Waals surface area contributed by atoms with E-state index in [2.05, 4.69) is 9.71 Å². The van der Waals surface area contributed by atoms with E-state index in [1.807, 2.05) is 11.6 Å². The fourth-order valence-corrected chi connectivity index (χ4v) is 3.81. The third-order valence-corrected chi connectivity index (χ3v) is 5.02. The number of benzene rings is 1. The summed E-state index contributed by atoms with van der Waals surface area (Å²) in [5.41, 5.74) is 0.800. The zero-order valence-corrected chi connectivity index (χ0v) is 13.0. The Morgan fingerprint density at radius 1 is 1.29 bits per heavy atom. The van der Waals surface area contributed by atoms with Crippen molar-refractivity contribution in [3.8, 4) is 0 Å². The highest BCUT2D eigenvalue weighted by Crippen LogP contribution is 2.21. The van der Waals surface area contributed by atoms with Crippen molar-refractivity contribution in [1.29, 1.82) is 0 Å². The molecule has 0 aliphatic carbocycles. The molecule has 2 aromatic rings. The number of hydrogen-bond donors (Lipinski definition) is 1.